The van der Waals surface area contributed by atoms with Crippen LogP contribution in [0.5, 0.6) is 5.75 Å². The zero-order chi connectivity index (χ0) is 14.6. The summed E-state index contributed by atoms with van der Waals surface area (Å²) in [5.41, 5.74) is 1.42. The Morgan fingerprint density at radius 3 is 2.76 bits per heavy atom. The van der Waals surface area contributed by atoms with Crippen LogP contribution in [0.25, 0.3) is 0 Å². The molecule has 1 aliphatic heterocycles. The number of hydrogen-bond acceptors (Lipinski definition) is 3. The van der Waals surface area contributed by atoms with Crippen molar-refractivity contribution >= 4 is 24.0 Å². The summed E-state index contributed by atoms with van der Waals surface area (Å²) in [5.74, 6) is 0.884. The van der Waals surface area contributed by atoms with Gasteiger partial charge in [-0.1, -0.05) is 0 Å². The van der Waals surface area contributed by atoms with Crippen LogP contribution in [-0.4, -0.2) is 24.6 Å². The first kappa shape index (κ1) is 17.8. The van der Waals surface area contributed by atoms with Crippen LogP contribution < -0.4 is 15.4 Å². The van der Waals surface area contributed by atoms with E-state index in [1.807, 2.05) is 39.0 Å². The number of piperidine rings is 1. The summed E-state index contributed by atoms with van der Waals surface area (Å²) in [6.45, 7) is 7.47. The van der Waals surface area contributed by atoms with Crippen molar-refractivity contribution in [2.45, 2.75) is 45.6 Å². The third kappa shape index (κ3) is 4.35. The molecule has 0 bridgehead atoms. The molecule has 1 amide bonds. The Balaban J connectivity index is 0.00000220. The monoisotopic (exact) mass is 312 g/mol. The Kier molecular flexibility index (Phi) is 6.49. The van der Waals surface area contributed by atoms with Crippen molar-refractivity contribution in [3.63, 3.8) is 0 Å². The molecule has 1 saturated heterocycles. The zero-order valence-corrected chi connectivity index (χ0v) is 13.8. The molecule has 0 saturated carbocycles. The highest BCUT2D eigenvalue weighted by Gasteiger charge is 2.34. The largest absolute Gasteiger partial charge is 0.494 e. The molecule has 21 heavy (non-hydrogen) atoms. The van der Waals surface area contributed by atoms with Crippen LogP contribution in [0.4, 0.5) is 5.69 Å². The lowest BCUT2D eigenvalue weighted by Gasteiger charge is -2.33. The number of hydrogen-bond donors (Lipinski definition) is 2. The second kappa shape index (κ2) is 7.66. The van der Waals surface area contributed by atoms with E-state index in [1.54, 1.807) is 0 Å². The van der Waals surface area contributed by atoms with Gasteiger partial charge in [-0.25, -0.2) is 0 Å². The maximum atomic E-state index is 12.4. The molecule has 2 N–H and O–H groups in total. The smallest absolute Gasteiger partial charge is 0.244 e. The first-order valence-electron chi connectivity index (χ1n) is 7.35. The summed E-state index contributed by atoms with van der Waals surface area (Å²) in [6.07, 6.45) is 3.12. The minimum absolute atomic E-state index is 0. The van der Waals surface area contributed by atoms with Crippen LogP contribution in [0.1, 0.15) is 38.7 Å². The highest BCUT2D eigenvalue weighted by molar-refractivity contribution is 5.98. The summed E-state index contributed by atoms with van der Waals surface area (Å²) in [7, 11) is 0. The van der Waals surface area contributed by atoms with E-state index in [0.29, 0.717) is 6.61 Å². The van der Waals surface area contributed by atoms with E-state index in [4.69, 9.17) is 4.74 Å². The van der Waals surface area contributed by atoms with Crippen LogP contribution in [0, 0.1) is 6.92 Å². The number of rotatable bonds is 4. The number of carbonyl (C=O) groups excluding carboxylic acids is 1. The van der Waals surface area contributed by atoms with Gasteiger partial charge < -0.3 is 15.4 Å². The number of amides is 1. The zero-order valence-electron chi connectivity index (χ0n) is 13.0. The SMILES string of the molecule is CCOc1ccc(NC(=O)C2(C)CCCCN2)c(C)c1.Cl. The number of benzene rings is 1. The summed E-state index contributed by atoms with van der Waals surface area (Å²) in [5, 5.41) is 6.36. The maximum Gasteiger partial charge on any atom is 0.244 e. The van der Waals surface area contributed by atoms with Gasteiger partial charge in [0.15, 0.2) is 0 Å². The van der Waals surface area contributed by atoms with Gasteiger partial charge in [0.2, 0.25) is 5.91 Å². The van der Waals surface area contributed by atoms with Crippen molar-refractivity contribution < 1.29 is 9.53 Å². The molecule has 5 heteroatoms. The van der Waals surface area contributed by atoms with Gasteiger partial charge in [-0.05, 0) is 70.3 Å². The second-order valence-corrected chi connectivity index (χ2v) is 5.58. The van der Waals surface area contributed by atoms with Crippen LogP contribution >= 0.6 is 12.4 Å². The topological polar surface area (TPSA) is 50.4 Å². The molecule has 1 aliphatic rings. The lowest BCUT2D eigenvalue weighted by molar-refractivity contribution is -0.122. The van der Waals surface area contributed by atoms with Crippen molar-refractivity contribution in [3.05, 3.63) is 23.8 Å². The van der Waals surface area contributed by atoms with Crippen molar-refractivity contribution in [1.82, 2.24) is 5.32 Å². The first-order chi connectivity index (χ1) is 9.55. The van der Waals surface area contributed by atoms with Crippen LogP contribution in [0.3, 0.4) is 0 Å². The van der Waals surface area contributed by atoms with E-state index < -0.39 is 5.54 Å². The minimum atomic E-state index is -0.455. The quantitative estimate of drug-likeness (QED) is 0.897. The Hall–Kier alpha value is -1.26. The molecule has 1 unspecified atom stereocenters. The average Bonchev–Trinajstić information content (AvgIpc) is 2.43. The van der Waals surface area contributed by atoms with Gasteiger partial charge in [-0.15, -0.1) is 12.4 Å². The molecule has 0 aromatic heterocycles. The van der Waals surface area contributed by atoms with Crippen molar-refractivity contribution in [1.29, 1.82) is 0 Å². The van der Waals surface area contributed by atoms with Crippen LogP contribution in [0.2, 0.25) is 0 Å². The number of nitrogens with one attached hydrogen (secondary N) is 2. The Labute approximate surface area is 133 Å². The van der Waals surface area contributed by atoms with Crippen molar-refractivity contribution in [3.8, 4) is 5.75 Å². The molecular weight excluding hydrogens is 288 g/mol. The predicted octanol–water partition coefficient (Wildman–Crippen LogP) is 3.29. The van der Waals surface area contributed by atoms with Crippen molar-refractivity contribution in [2.24, 2.45) is 0 Å². The fourth-order valence-corrected chi connectivity index (χ4v) is 2.54. The third-order valence-corrected chi connectivity index (χ3v) is 3.88. The molecule has 1 fully saturated rings. The van der Waals surface area contributed by atoms with Crippen LogP contribution in [0.15, 0.2) is 18.2 Å². The Morgan fingerprint density at radius 2 is 2.19 bits per heavy atom. The molecule has 0 radical (unpaired) electrons. The summed E-state index contributed by atoms with van der Waals surface area (Å²) < 4.78 is 5.46. The van der Waals surface area contributed by atoms with Crippen LogP contribution in [-0.2, 0) is 4.79 Å². The molecule has 1 aromatic rings. The third-order valence-electron chi connectivity index (χ3n) is 3.88. The number of anilines is 1. The molecule has 0 aliphatic carbocycles. The van der Waals surface area contributed by atoms with E-state index in [0.717, 1.165) is 42.8 Å². The molecule has 0 spiro atoms. The normalized spacial score (nSPS) is 21.3. The summed E-state index contributed by atoms with van der Waals surface area (Å²) in [4.78, 5) is 12.4. The fourth-order valence-electron chi connectivity index (χ4n) is 2.54. The summed E-state index contributed by atoms with van der Waals surface area (Å²) in [6, 6.07) is 5.75. The molecule has 118 valence electrons. The van der Waals surface area contributed by atoms with Gasteiger partial charge in [-0.2, -0.15) is 0 Å². The van der Waals surface area contributed by atoms with Gasteiger partial charge in [0, 0.05) is 5.69 Å². The van der Waals surface area contributed by atoms with Gasteiger partial charge in [-0.3, -0.25) is 4.79 Å². The van der Waals surface area contributed by atoms with E-state index in [9.17, 15) is 4.79 Å². The molecule has 1 aromatic carbocycles. The minimum Gasteiger partial charge on any atom is -0.494 e. The second-order valence-electron chi connectivity index (χ2n) is 5.58. The fraction of sp³-hybridized carbons (Fsp3) is 0.562. The molecule has 4 nitrogen and oxygen atoms in total. The number of ether oxygens (including phenoxy) is 1. The molecule has 1 heterocycles. The lowest BCUT2D eigenvalue weighted by atomic mass is 9.90. The standard InChI is InChI=1S/C16H24N2O2.ClH/c1-4-20-13-7-8-14(12(2)11-13)18-15(19)16(3)9-5-6-10-17-16;/h7-8,11,17H,4-6,9-10H2,1-3H3,(H,18,19);1H. The van der Waals surface area contributed by atoms with Gasteiger partial charge >= 0.3 is 0 Å². The van der Waals surface area contributed by atoms with E-state index >= 15 is 0 Å². The van der Waals surface area contributed by atoms with Crippen molar-refractivity contribution in [2.75, 3.05) is 18.5 Å². The van der Waals surface area contributed by atoms with E-state index in [1.165, 1.54) is 0 Å². The highest BCUT2D eigenvalue weighted by atomic mass is 35.5. The number of aryl methyl sites for hydroxylation is 1. The van der Waals surface area contributed by atoms with Gasteiger partial charge in [0.1, 0.15) is 5.75 Å². The highest BCUT2D eigenvalue weighted by Crippen LogP contribution is 2.24. The van der Waals surface area contributed by atoms with E-state index in [2.05, 4.69) is 10.6 Å². The maximum absolute atomic E-state index is 12.4. The molecule has 2 rings (SSSR count). The van der Waals surface area contributed by atoms with E-state index in [-0.39, 0.29) is 18.3 Å². The average molecular weight is 313 g/mol. The first-order valence-corrected chi connectivity index (χ1v) is 7.35. The molecule has 1 atom stereocenters. The molecular formula is C16H25ClN2O2. The Bertz CT molecular complexity index is 485. The lowest BCUT2D eigenvalue weighted by Crippen LogP contribution is -2.54. The summed E-state index contributed by atoms with van der Waals surface area (Å²) >= 11 is 0. The van der Waals surface area contributed by atoms with Gasteiger partial charge in [0.05, 0.1) is 12.1 Å². The number of halogens is 1. The van der Waals surface area contributed by atoms with Gasteiger partial charge in [0.25, 0.3) is 0 Å². The predicted molar refractivity (Wildman–Crippen MR) is 88.5 cm³/mol. The number of carbonyl (C=O) groups is 1. The Morgan fingerprint density at radius 1 is 1.43 bits per heavy atom.